The highest BCUT2D eigenvalue weighted by Gasteiger charge is 2.26. The zero-order valence-corrected chi connectivity index (χ0v) is 9.31. The van der Waals surface area contributed by atoms with Crippen LogP contribution in [0, 0.1) is 11.8 Å². The standard InChI is InChI=1S/C10H15N3O4/c14-8(15)7-3-1-6(2-4-7)5-13-9(16)11-12-10(13)17/h6-7H,1-5H2,(H,11,16)(H,12,17)(H,14,15). The first kappa shape index (κ1) is 11.7. The average Bonchev–Trinajstić information content (AvgIpc) is 2.61. The highest BCUT2D eigenvalue weighted by molar-refractivity contribution is 5.69. The van der Waals surface area contributed by atoms with Gasteiger partial charge in [-0.25, -0.2) is 24.4 Å². The van der Waals surface area contributed by atoms with Crippen molar-refractivity contribution >= 4 is 5.97 Å². The van der Waals surface area contributed by atoms with Crippen LogP contribution in [0.1, 0.15) is 25.7 Å². The molecule has 1 aromatic rings. The molecule has 0 aliphatic heterocycles. The molecule has 1 fully saturated rings. The zero-order chi connectivity index (χ0) is 12.4. The number of carbonyl (C=O) groups is 1. The average molecular weight is 241 g/mol. The third kappa shape index (κ3) is 2.48. The lowest BCUT2D eigenvalue weighted by atomic mass is 9.82. The van der Waals surface area contributed by atoms with Crippen molar-refractivity contribution in [2.75, 3.05) is 0 Å². The topological polar surface area (TPSA) is 108 Å². The molecule has 3 N–H and O–H groups in total. The van der Waals surface area contributed by atoms with Crippen LogP contribution in [-0.4, -0.2) is 25.8 Å². The van der Waals surface area contributed by atoms with Crippen molar-refractivity contribution in [2.24, 2.45) is 11.8 Å². The number of aromatic amines is 2. The van der Waals surface area contributed by atoms with E-state index in [1.165, 1.54) is 0 Å². The van der Waals surface area contributed by atoms with Crippen LogP contribution in [-0.2, 0) is 11.3 Å². The summed E-state index contributed by atoms with van der Waals surface area (Å²) in [5.41, 5.74) is -0.870. The Labute approximate surface area is 96.5 Å². The minimum Gasteiger partial charge on any atom is -0.481 e. The maximum Gasteiger partial charge on any atom is 0.344 e. The van der Waals surface area contributed by atoms with Gasteiger partial charge in [0, 0.05) is 6.54 Å². The number of nitrogens with one attached hydrogen (secondary N) is 2. The maximum atomic E-state index is 11.3. The highest BCUT2D eigenvalue weighted by atomic mass is 16.4. The second kappa shape index (κ2) is 4.60. The van der Waals surface area contributed by atoms with Crippen molar-refractivity contribution in [1.29, 1.82) is 0 Å². The molecule has 1 saturated carbocycles. The number of hydrogen-bond donors (Lipinski definition) is 3. The number of aromatic nitrogens is 3. The lowest BCUT2D eigenvalue weighted by Gasteiger charge is -2.25. The molecule has 17 heavy (non-hydrogen) atoms. The summed E-state index contributed by atoms with van der Waals surface area (Å²) in [4.78, 5) is 33.3. The minimum atomic E-state index is -0.750. The summed E-state index contributed by atoms with van der Waals surface area (Å²) in [6, 6.07) is 0. The monoisotopic (exact) mass is 241 g/mol. The Morgan fingerprint density at radius 1 is 1.18 bits per heavy atom. The second-order valence-electron chi connectivity index (χ2n) is 4.53. The molecule has 7 heteroatoms. The molecule has 1 aromatic heterocycles. The van der Waals surface area contributed by atoms with Crippen LogP contribution in [0.5, 0.6) is 0 Å². The Kier molecular flexibility index (Phi) is 3.16. The van der Waals surface area contributed by atoms with Crippen LogP contribution in [0.3, 0.4) is 0 Å². The lowest BCUT2D eigenvalue weighted by Crippen LogP contribution is -2.32. The number of rotatable bonds is 3. The van der Waals surface area contributed by atoms with Gasteiger partial charge in [-0.1, -0.05) is 0 Å². The first-order valence-electron chi connectivity index (χ1n) is 5.68. The van der Waals surface area contributed by atoms with E-state index in [0.29, 0.717) is 19.4 Å². The van der Waals surface area contributed by atoms with Gasteiger partial charge in [0.25, 0.3) is 0 Å². The predicted molar refractivity (Wildman–Crippen MR) is 58.8 cm³/mol. The van der Waals surface area contributed by atoms with Crippen LogP contribution in [0.15, 0.2) is 9.59 Å². The van der Waals surface area contributed by atoms with Crippen LogP contribution in [0.4, 0.5) is 0 Å². The molecule has 0 bridgehead atoms. The zero-order valence-electron chi connectivity index (χ0n) is 9.31. The molecule has 1 heterocycles. The lowest BCUT2D eigenvalue weighted by molar-refractivity contribution is -0.143. The van der Waals surface area contributed by atoms with Gasteiger partial charge in [-0.15, -0.1) is 0 Å². The summed E-state index contributed by atoms with van der Waals surface area (Å²) >= 11 is 0. The van der Waals surface area contributed by atoms with Crippen molar-refractivity contribution in [3.8, 4) is 0 Å². The van der Waals surface area contributed by atoms with E-state index in [1.807, 2.05) is 0 Å². The number of aliphatic carboxylic acids is 1. The molecule has 0 amide bonds. The minimum absolute atomic E-state index is 0.209. The van der Waals surface area contributed by atoms with Gasteiger partial charge in [-0.2, -0.15) is 0 Å². The van der Waals surface area contributed by atoms with Crippen LogP contribution in [0.2, 0.25) is 0 Å². The highest BCUT2D eigenvalue weighted by Crippen LogP contribution is 2.29. The van der Waals surface area contributed by atoms with E-state index < -0.39 is 17.3 Å². The summed E-state index contributed by atoms with van der Waals surface area (Å²) in [6.45, 7) is 0.365. The van der Waals surface area contributed by atoms with E-state index in [2.05, 4.69) is 10.2 Å². The van der Waals surface area contributed by atoms with Crippen LogP contribution in [0.25, 0.3) is 0 Å². The largest absolute Gasteiger partial charge is 0.481 e. The van der Waals surface area contributed by atoms with Crippen LogP contribution < -0.4 is 11.4 Å². The number of H-pyrrole nitrogens is 2. The summed E-state index contributed by atoms with van der Waals surface area (Å²) < 4.78 is 1.13. The molecule has 0 atom stereocenters. The summed E-state index contributed by atoms with van der Waals surface area (Å²) in [6.07, 6.45) is 2.73. The molecule has 2 rings (SSSR count). The van der Waals surface area contributed by atoms with Gasteiger partial charge < -0.3 is 5.11 Å². The number of nitrogens with zero attached hydrogens (tertiary/aromatic N) is 1. The van der Waals surface area contributed by atoms with Gasteiger partial charge in [0.1, 0.15) is 0 Å². The third-order valence-electron chi connectivity index (χ3n) is 3.40. The van der Waals surface area contributed by atoms with E-state index in [0.717, 1.165) is 17.4 Å². The predicted octanol–water partition coefficient (Wildman–Crippen LogP) is -0.244. The number of hydrogen-bond acceptors (Lipinski definition) is 3. The molecular weight excluding hydrogens is 226 g/mol. The molecule has 0 radical (unpaired) electrons. The van der Waals surface area contributed by atoms with Gasteiger partial charge in [-0.05, 0) is 31.6 Å². The van der Waals surface area contributed by atoms with Gasteiger partial charge >= 0.3 is 17.3 Å². The maximum absolute atomic E-state index is 11.3. The molecule has 1 aliphatic carbocycles. The molecule has 1 aliphatic rings. The van der Waals surface area contributed by atoms with Gasteiger partial charge in [0.05, 0.1) is 5.92 Å². The normalized spacial score (nSPS) is 24.7. The van der Waals surface area contributed by atoms with Gasteiger partial charge in [0.2, 0.25) is 0 Å². The van der Waals surface area contributed by atoms with E-state index in [4.69, 9.17) is 5.11 Å². The van der Waals surface area contributed by atoms with E-state index >= 15 is 0 Å². The Morgan fingerprint density at radius 2 is 1.71 bits per heavy atom. The van der Waals surface area contributed by atoms with Crippen molar-refractivity contribution in [2.45, 2.75) is 32.2 Å². The molecule has 94 valence electrons. The smallest absolute Gasteiger partial charge is 0.344 e. The molecule has 0 spiro atoms. The third-order valence-corrected chi connectivity index (χ3v) is 3.40. The van der Waals surface area contributed by atoms with E-state index in [1.54, 1.807) is 0 Å². The molecular formula is C10H15N3O4. The van der Waals surface area contributed by atoms with Crippen molar-refractivity contribution in [3.63, 3.8) is 0 Å². The number of carboxylic acids is 1. The second-order valence-corrected chi connectivity index (χ2v) is 4.53. The Hall–Kier alpha value is -1.79. The van der Waals surface area contributed by atoms with Crippen LogP contribution >= 0.6 is 0 Å². The Bertz CT molecular complexity index is 477. The fourth-order valence-corrected chi connectivity index (χ4v) is 2.35. The first-order valence-corrected chi connectivity index (χ1v) is 5.68. The molecule has 0 saturated heterocycles. The molecule has 7 nitrogen and oxygen atoms in total. The van der Waals surface area contributed by atoms with Gasteiger partial charge in [-0.3, -0.25) is 4.79 Å². The molecule has 0 unspecified atom stereocenters. The summed E-state index contributed by atoms with van der Waals surface area (Å²) in [5, 5.41) is 13.3. The molecule has 0 aromatic carbocycles. The van der Waals surface area contributed by atoms with E-state index in [-0.39, 0.29) is 11.8 Å². The van der Waals surface area contributed by atoms with Gasteiger partial charge in [0.15, 0.2) is 0 Å². The Balaban J connectivity index is 1.97. The first-order chi connectivity index (χ1) is 8.08. The quantitative estimate of drug-likeness (QED) is 0.678. The van der Waals surface area contributed by atoms with E-state index in [9.17, 15) is 14.4 Å². The summed E-state index contributed by atoms with van der Waals surface area (Å²) in [5.74, 6) is -0.812. The Morgan fingerprint density at radius 3 is 2.18 bits per heavy atom. The fraction of sp³-hybridized carbons (Fsp3) is 0.700. The fourth-order valence-electron chi connectivity index (χ4n) is 2.35. The van der Waals surface area contributed by atoms with Crippen molar-refractivity contribution < 1.29 is 9.90 Å². The SMILES string of the molecule is O=C(O)C1CCC(Cn2c(=O)[nH][nH]c2=O)CC1. The van der Waals surface area contributed by atoms with Crippen molar-refractivity contribution in [3.05, 3.63) is 21.0 Å². The van der Waals surface area contributed by atoms with Crippen molar-refractivity contribution in [1.82, 2.24) is 14.8 Å². The number of carboxylic acid groups (broad SMARTS) is 1. The summed E-state index contributed by atoms with van der Waals surface area (Å²) in [7, 11) is 0.